The van der Waals surface area contributed by atoms with E-state index in [-0.39, 0.29) is 17.3 Å². The zero-order chi connectivity index (χ0) is 17.5. The number of hydrogen-bond acceptors (Lipinski definition) is 3. The molecule has 0 spiro atoms. The molecule has 2 atom stereocenters. The van der Waals surface area contributed by atoms with Gasteiger partial charge in [-0.1, -0.05) is 0 Å². The molecule has 0 saturated carbocycles. The van der Waals surface area contributed by atoms with Gasteiger partial charge in [-0.2, -0.15) is 18.4 Å². The van der Waals surface area contributed by atoms with Gasteiger partial charge in [0.2, 0.25) is 0 Å². The molecule has 0 aliphatic carbocycles. The Balaban J connectivity index is 1.96. The van der Waals surface area contributed by atoms with E-state index in [4.69, 9.17) is 5.26 Å². The monoisotopic (exact) mass is 337 g/mol. The molecule has 2 aliphatic rings. The van der Waals surface area contributed by atoms with Crippen LogP contribution in [0.25, 0.3) is 0 Å². The third-order valence-corrected chi connectivity index (χ3v) is 5.21. The minimum atomic E-state index is -4.41. The van der Waals surface area contributed by atoms with E-state index in [2.05, 4.69) is 18.7 Å². The summed E-state index contributed by atoms with van der Waals surface area (Å²) < 4.78 is 40.2. The first kappa shape index (κ1) is 17.1. The molecule has 130 valence electrons. The fourth-order valence-electron chi connectivity index (χ4n) is 4.28. The van der Waals surface area contributed by atoms with E-state index in [1.165, 1.54) is 12.1 Å². The summed E-state index contributed by atoms with van der Waals surface area (Å²) in [6.45, 7) is 5.49. The topological polar surface area (TPSA) is 30.3 Å². The molecule has 0 aromatic heterocycles. The number of hydrogen-bond donors (Lipinski definition) is 0. The van der Waals surface area contributed by atoms with E-state index in [0.29, 0.717) is 25.2 Å². The first-order valence-electron chi connectivity index (χ1n) is 8.45. The Labute approximate surface area is 140 Å². The summed E-state index contributed by atoms with van der Waals surface area (Å²) in [6.07, 6.45) is -1.39. The van der Waals surface area contributed by atoms with E-state index in [0.717, 1.165) is 25.3 Å². The van der Waals surface area contributed by atoms with Crippen LogP contribution in [0.15, 0.2) is 18.2 Å². The molecule has 2 unspecified atom stereocenters. The Morgan fingerprint density at radius 3 is 2.50 bits per heavy atom. The van der Waals surface area contributed by atoms with Crippen LogP contribution in [0, 0.1) is 11.3 Å². The van der Waals surface area contributed by atoms with Crippen molar-refractivity contribution in [2.24, 2.45) is 0 Å². The van der Waals surface area contributed by atoms with Gasteiger partial charge in [-0.25, -0.2) is 0 Å². The van der Waals surface area contributed by atoms with Crippen molar-refractivity contribution in [2.45, 2.75) is 57.4 Å². The highest BCUT2D eigenvalue weighted by Crippen LogP contribution is 2.40. The van der Waals surface area contributed by atoms with Crippen LogP contribution in [-0.2, 0) is 6.18 Å². The average molecular weight is 337 g/mol. The highest BCUT2D eigenvalue weighted by atomic mass is 19.4. The highest BCUT2D eigenvalue weighted by Gasteiger charge is 2.41. The molecule has 2 bridgehead atoms. The number of anilines is 1. The standard InChI is InChI=1S/C18H22F3N3/c1-12(2)24-14-4-5-15(24)11-23(8-7-14)17-9-13(10-22)3-6-16(17)18(19,20)21/h3,6,9,12,14-15H,4-5,7-8,11H2,1-2H3. The van der Waals surface area contributed by atoms with E-state index in [9.17, 15) is 13.2 Å². The van der Waals surface area contributed by atoms with Gasteiger partial charge < -0.3 is 4.90 Å². The van der Waals surface area contributed by atoms with Crippen LogP contribution < -0.4 is 4.90 Å². The maximum absolute atomic E-state index is 13.4. The van der Waals surface area contributed by atoms with Crippen LogP contribution in [0.2, 0.25) is 0 Å². The fourth-order valence-corrected chi connectivity index (χ4v) is 4.28. The van der Waals surface area contributed by atoms with Crippen LogP contribution in [0.3, 0.4) is 0 Å². The Hall–Kier alpha value is -1.74. The fraction of sp³-hybridized carbons (Fsp3) is 0.611. The van der Waals surface area contributed by atoms with Gasteiger partial charge in [0, 0.05) is 31.2 Å². The molecule has 3 rings (SSSR count). The lowest BCUT2D eigenvalue weighted by atomic mass is 10.0. The van der Waals surface area contributed by atoms with E-state index >= 15 is 0 Å². The molecule has 2 fully saturated rings. The molecule has 24 heavy (non-hydrogen) atoms. The van der Waals surface area contributed by atoms with Gasteiger partial charge in [-0.3, -0.25) is 4.90 Å². The van der Waals surface area contributed by atoms with Crippen molar-refractivity contribution in [3.8, 4) is 6.07 Å². The molecular formula is C18H22F3N3. The van der Waals surface area contributed by atoms with Crippen molar-refractivity contribution >= 4 is 5.69 Å². The van der Waals surface area contributed by atoms with Gasteiger partial charge in [-0.05, 0) is 51.3 Å². The van der Waals surface area contributed by atoms with Crippen molar-refractivity contribution in [1.82, 2.24) is 4.90 Å². The molecule has 2 saturated heterocycles. The van der Waals surface area contributed by atoms with Crippen LogP contribution in [-0.4, -0.2) is 36.1 Å². The second-order valence-electron chi connectivity index (χ2n) is 7.00. The van der Waals surface area contributed by atoms with E-state index in [1.54, 1.807) is 0 Å². The van der Waals surface area contributed by atoms with Gasteiger partial charge >= 0.3 is 6.18 Å². The summed E-state index contributed by atoms with van der Waals surface area (Å²) >= 11 is 0. The SMILES string of the molecule is CC(C)N1C2CCC1CN(c1cc(C#N)ccc1C(F)(F)F)CC2. The predicted molar refractivity (Wildman–Crippen MR) is 86.8 cm³/mol. The van der Waals surface area contributed by atoms with Crippen molar-refractivity contribution in [1.29, 1.82) is 5.26 Å². The summed E-state index contributed by atoms with van der Waals surface area (Å²) in [7, 11) is 0. The van der Waals surface area contributed by atoms with Gasteiger partial charge in [0.25, 0.3) is 0 Å². The molecule has 3 nitrogen and oxygen atoms in total. The van der Waals surface area contributed by atoms with Crippen molar-refractivity contribution in [3.05, 3.63) is 29.3 Å². The minimum absolute atomic E-state index is 0.151. The molecule has 0 amide bonds. The summed E-state index contributed by atoms with van der Waals surface area (Å²) in [4.78, 5) is 4.30. The minimum Gasteiger partial charge on any atom is -0.369 e. The zero-order valence-electron chi connectivity index (χ0n) is 14.0. The maximum Gasteiger partial charge on any atom is 0.418 e. The molecule has 0 radical (unpaired) electrons. The van der Waals surface area contributed by atoms with Crippen LogP contribution in [0.5, 0.6) is 0 Å². The average Bonchev–Trinajstić information content (AvgIpc) is 2.80. The number of fused-ring (bicyclic) bond motifs is 2. The predicted octanol–water partition coefficient (Wildman–Crippen LogP) is 4.03. The second kappa shape index (κ2) is 6.29. The van der Waals surface area contributed by atoms with Gasteiger partial charge in [0.1, 0.15) is 0 Å². The molecule has 0 N–H and O–H groups in total. The van der Waals surface area contributed by atoms with Gasteiger partial charge in [-0.15, -0.1) is 0 Å². The zero-order valence-corrected chi connectivity index (χ0v) is 14.0. The highest BCUT2D eigenvalue weighted by molar-refractivity contribution is 5.59. The van der Waals surface area contributed by atoms with Crippen molar-refractivity contribution in [3.63, 3.8) is 0 Å². The second-order valence-corrected chi connectivity index (χ2v) is 7.00. The normalized spacial score (nSPS) is 25.0. The summed E-state index contributed by atoms with van der Waals surface area (Å²) in [5, 5.41) is 9.07. The first-order valence-corrected chi connectivity index (χ1v) is 8.45. The summed E-state index contributed by atoms with van der Waals surface area (Å²) in [5.41, 5.74) is -0.221. The number of halogens is 3. The Kier molecular flexibility index (Phi) is 4.48. The maximum atomic E-state index is 13.4. The molecule has 1 aromatic carbocycles. The third kappa shape index (κ3) is 3.10. The largest absolute Gasteiger partial charge is 0.418 e. The number of nitrogens with zero attached hydrogens (tertiary/aromatic N) is 3. The van der Waals surface area contributed by atoms with Crippen LogP contribution in [0.4, 0.5) is 18.9 Å². The Morgan fingerprint density at radius 1 is 1.17 bits per heavy atom. The van der Waals surface area contributed by atoms with Gasteiger partial charge in [0.15, 0.2) is 0 Å². The summed E-state index contributed by atoms with van der Waals surface area (Å²) in [5.74, 6) is 0. The smallest absolute Gasteiger partial charge is 0.369 e. The lowest BCUT2D eigenvalue weighted by Crippen LogP contribution is -2.43. The molecule has 1 aromatic rings. The molecule has 6 heteroatoms. The van der Waals surface area contributed by atoms with Gasteiger partial charge in [0.05, 0.1) is 22.9 Å². The quantitative estimate of drug-likeness (QED) is 0.816. The number of rotatable bonds is 2. The third-order valence-electron chi connectivity index (χ3n) is 5.21. The number of benzene rings is 1. The Bertz CT molecular complexity index is 648. The Morgan fingerprint density at radius 2 is 1.88 bits per heavy atom. The lowest BCUT2D eigenvalue weighted by Gasteiger charge is -2.33. The molecular weight excluding hydrogens is 315 g/mol. The van der Waals surface area contributed by atoms with E-state index in [1.807, 2.05) is 11.0 Å². The van der Waals surface area contributed by atoms with Crippen LogP contribution in [0.1, 0.15) is 44.2 Å². The van der Waals surface area contributed by atoms with Crippen molar-refractivity contribution < 1.29 is 13.2 Å². The molecule has 2 heterocycles. The van der Waals surface area contributed by atoms with Crippen LogP contribution >= 0.6 is 0 Å². The van der Waals surface area contributed by atoms with E-state index < -0.39 is 11.7 Å². The first-order chi connectivity index (χ1) is 11.3. The molecule has 2 aliphatic heterocycles. The van der Waals surface area contributed by atoms with Crippen molar-refractivity contribution in [2.75, 3.05) is 18.0 Å². The lowest BCUT2D eigenvalue weighted by molar-refractivity contribution is -0.137. The number of alkyl halides is 3. The summed E-state index contributed by atoms with van der Waals surface area (Å²) in [6, 6.07) is 6.77. The number of nitriles is 1.